The van der Waals surface area contributed by atoms with Gasteiger partial charge in [-0.1, -0.05) is 23.2 Å². The van der Waals surface area contributed by atoms with E-state index in [-0.39, 0.29) is 0 Å². The molecule has 0 aliphatic carbocycles. The Morgan fingerprint density at radius 1 is 1.25 bits per heavy atom. The van der Waals surface area contributed by atoms with Crippen LogP contribution in [0.15, 0.2) is 18.2 Å². The van der Waals surface area contributed by atoms with Crippen molar-refractivity contribution in [1.29, 1.82) is 5.41 Å². The number of benzene rings is 1. The third kappa shape index (κ3) is 2.41. The standard InChI is InChI=1S/C8H7Cl2NS/c1-12-8(11)5-2-6(9)4-7(10)3-5/h2-4,11H,1H3. The van der Waals surface area contributed by atoms with Gasteiger partial charge in [0.15, 0.2) is 0 Å². The van der Waals surface area contributed by atoms with Crippen molar-refractivity contribution >= 4 is 40.0 Å². The number of hydrogen-bond acceptors (Lipinski definition) is 2. The molecule has 0 heterocycles. The fraction of sp³-hybridized carbons (Fsp3) is 0.125. The summed E-state index contributed by atoms with van der Waals surface area (Å²) in [5.74, 6) is 0. The molecule has 1 aromatic rings. The molecule has 0 unspecified atom stereocenters. The fourth-order valence-corrected chi connectivity index (χ4v) is 1.68. The molecule has 0 spiro atoms. The maximum atomic E-state index is 7.52. The van der Waals surface area contributed by atoms with E-state index in [1.807, 2.05) is 6.26 Å². The summed E-state index contributed by atoms with van der Waals surface area (Å²) in [6, 6.07) is 5.11. The molecule has 0 amide bonds. The molecule has 0 aliphatic rings. The number of halogens is 2. The Balaban J connectivity index is 3.08. The summed E-state index contributed by atoms with van der Waals surface area (Å²) in [5.41, 5.74) is 0.764. The van der Waals surface area contributed by atoms with Crippen molar-refractivity contribution in [1.82, 2.24) is 0 Å². The molecule has 0 bridgehead atoms. The lowest BCUT2D eigenvalue weighted by Crippen LogP contribution is -1.91. The number of hydrogen-bond donors (Lipinski definition) is 1. The predicted octanol–water partition coefficient (Wildman–Crippen LogP) is 3.68. The highest BCUT2D eigenvalue weighted by Gasteiger charge is 2.02. The van der Waals surface area contributed by atoms with Crippen molar-refractivity contribution in [2.45, 2.75) is 0 Å². The quantitative estimate of drug-likeness (QED) is 0.566. The van der Waals surface area contributed by atoms with Crippen LogP contribution >= 0.6 is 35.0 Å². The van der Waals surface area contributed by atoms with E-state index in [1.165, 1.54) is 11.8 Å². The number of rotatable bonds is 1. The van der Waals surface area contributed by atoms with Crippen LogP contribution in [0.1, 0.15) is 5.56 Å². The third-order valence-electron chi connectivity index (χ3n) is 1.33. The minimum atomic E-state index is 0.472. The second kappa shape index (κ2) is 4.17. The van der Waals surface area contributed by atoms with Gasteiger partial charge in [-0.25, -0.2) is 0 Å². The minimum Gasteiger partial charge on any atom is -0.293 e. The monoisotopic (exact) mass is 219 g/mol. The zero-order chi connectivity index (χ0) is 9.14. The van der Waals surface area contributed by atoms with Gasteiger partial charge in [0, 0.05) is 15.6 Å². The van der Waals surface area contributed by atoms with Gasteiger partial charge >= 0.3 is 0 Å². The van der Waals surface area contributed by atoms with Gasteiger partial charge in [-0.3, -0.25) is 5.41 Å². The second-order valence-electron chi connectivity index (χ2n) is 2.19. The maximum absolute atomic E-state index is 7.52. The molecule has 0 atom stereocenters. The van der Waals surface area contributed by atoms with Crippen LogP contribution in [0.5, 0.6) is 0 Å². The molecule has 1 aromatic carbocycles. The van der Waals surface area contributed by atoms with Crippen LogP contribution in [0.2, 0.25) is 10.0 Å². The largest absolute Gasteiger partial charge is 0.293 e. The van der Waals surface area contributed by atoms with Crippen molar-refractivity contribution in [3.8, 4) is 0 Å². The second-order valence-corrected chi connectivity index (χ2v) is 3.88. The number of thioether (sulfide) groups is 1. The van der Waals surface area contributed by atoms with Gasteiger partial charge in [0.1, 0.15) is 0 Å². The molecule has 64 valence electrons. The molecule has 0 aromatic heterocycles. The molecule has 0 aliphatic heterocycles. The molecule has 0 fully saturated rings. The van der Waals surface area contributed by atoms with Crippen molar-refractivity contribution < 1.29 is 0 Å². The number of nitrogens with one attached hydrogen (secondary N) is 1. The Morgan fingerprint density at radius 2 is 1.75 bits per heavy atom. The van der Waals surface area contributed by atoms with E-state index in [2.05, 4.69) is 0 Å². The zero-order valence-corrected chi connectivity index (χ0v) is 8.72. The van der Waals surface area contributed by atoms with Crippen LogP contribution in [-0.2, 0) is 0 Å². The summed E-state index contributed by atoms with van der Waals surface area (Å²) >= 11 is 12.9. The van der Waals surface area contributed by atoms with Gasteiger partial charge < -0.3 is 0 Å². The summed E-state index contributed by atoms with van der Waals surface area (Å²) in [7, 11) is 0. The van der Waals surface area contributed by atoms with Crippen LogP contribution in [-0.4, -0.2) is 11.3 Å². The van der Waals surface area contributed by atoms with E-state index in [0.29, 0.717) is 15.1 Å². The Kier molecular flexibility index (Phi) is 3.44. The van der Waals surface area contributed by atoms with Crippen LogP contribution in [0.4, 0.5) is 0 Å². The third-order valence-corrected chi connectivity index (χ3v) is 2.41. The Hall–Kier alpha value is -0.180. The average molecular weight is 220 g/mol. The minimum absolute atomic E-state index is 0.472. The molecule has 1 N–H and O–H groups in total. The molecule has 1 nitrogen and oxygen atoms in total. The average Bonchev–Trinajstić information content (AvgIpc) is 2.01. The molecule has 0 radical (unpaired) electrons. The SMILES string of the molecule is CSC(=N)c1cc(Cl)cc(Cl)c1. The van der Waals surface area contributed by atoms with Gasteiger partial charge in [-0.05, 0) is 24.5 Å². The van der Waals surface area contributed by atoms with Gasteiger partial charge in [-0.2, -0.15) is 0 Å². The lowest BCUT2D eigenvalue weighted by Gasteiger charge is -2.01. The molecule has 4 heteroatoms. The topological polar surface area (TPSA) is 23.9 Å². The summed E-state index contributed by atoms with van der Waals surface area (Å²) in [6.07, 6.45) is 1.84. The summed E-state index contributed by atoms with van der Waals surface area (Å²) < 4.78 is 0. The predicted molar refractivity (Wildman–Crippen MR) is 56.8 cm³/mol. The van der Waals surface area contributed by atoms with Crippen molar-refractivity contribution in [3.63, 3.8) is 0 Å². The Labute approximate surface area is 85.6 Å². The van der Waals surface area contributed by atoms with Gasteiger partial charge in [-0.15, -0.1) is 11.8 Å². The lowest BCUT2D eigenvalue weighted by molar-refractivity contribution is 1.53. The summed E-state index contributed by atoms with van der Waals surface area (Å²) in [5, 5.41) is 9.12. The van der Waals surface area contributed by atoms with E-state index in [0.717, 1.165) is 5.56 Å². The molecular weight excluding hydrogens is 213 g/mol. The van der Waals surface area contributed by atoms with Crippen LogP contribution in [0.3, 0.4) is 0 Å². The van der Waals surface area contributed by atoms with Crippen molar-refractivity contribution in [2.24, 2.45) is 0 Å². The van der Waals surface area contributed by atoms with E-state index in [4.69, 9.17) is 28.6 Å². The van der Waals surface area contributed by atoms with Crippen LogP contribution in [0.25, 0.3) is 0 Å². The first-order valence-electron chi connectivity index (χ1n) is 3.22. The summed E-state index contributed by atoms with van der Waals surface area (Å²) in [6.45, 7) is 0. The van der Waals surface area contributed by atoms with E-state index < -0.39 is 0 Å². The van der Waals surface area contributed by atoms with E-state index in [1.54, 1.807) is 18.2 Å². The van der Waals surface area contributed by atoms with Crippen LogP contribution < -0.4 is 0 Å². The van der Waals surface area contributed by atoms with E-state index in [9.17, 15) is 0 Å². The Bertz CT molecular complexity index is 292. The maximum Gasteiger partial charge on any atom is 0.0940 e. The Morgan fingerprint density at radius 3 is 2.17 bits per heavy atom. The first-order chi connectivity index (χ1) is 5.63. The van der Waals surface area contributed by atoms with Gasteiger partial charge in [0.2, 0.25) is 0 Å². The van der Waals surface area contributed by atoms with Crippen molar-refractivity contribution in [2.75, 3.05) is 6.26 Å². The molecule has 0 saturated heterocycles. The molecular formula is C8H7Cl2NS. The fourth-order valence-electron chi connectivity index (χ4n) is 0.803. The zero-order valence-electron chi connectivity index (χ0n) is 6.40. The van der Waals surface area contributed by atoms with Crippen LogP contribution in [0, 0.1) is 5.41 Å². The highest BCUT2D eigenvalue weighted by atomic mass is 35.5. The summed E-state index contributed by atoms with van der Waals surface area (Å²) in [4.78, 5) is 0. The molecule has 0 saturated carbocycles. The molecule has 1 rings (SSSR count). The first kappa shape index (κ1) is 9.90. The van der Waals surface area contributed by atoms with Gasteiger partial charge in [0.05, 0.1) is 5.04 Å². The van der Waals surface area contributed by atoms with E-state index >= 15 is 0 Å². The normalized spacial score (nSPS) is 9.92. The highest BCUT2D eigenvalue weighted by Crippen LogP contribution is 2.21. The van der Waals surface area contributed by atoms with Crippen molar-refractivity contribution in [3.05, 3.63) is 33.8 Å². The first-order valence-corrected chi connectivity index (χ1v) is 5.20. The van der Waals surface area contributed by atoms with Gasteiger partial charge in [0.25, 0.3) is 0 Å². The molecule has 12 heavy (non-hydrogen) atoms. The highest BCUT2D eigenvalue weighted by molar-refractivity contribution is 8.13. The smallest absolute Gasteiger partial charge is 0.0940 e. The lowest BCUT2D eigenvalue weighted by atomic mass is 10.2.